The highest BCUT2D eigenvalue weighted by atomic mass is 32.2. The van der Waals surface area contributed by atoms with Crippen molar-refractivity contribution in [1.29, 1.82) is 0 Å². The first-order chi connectivity index (χ1) is 8.47. The van der Waals surface area contributed by atoms with Gasteiger partial charge in [-0.2, -0.15) is 4.31 Å². The zero-order chi connectivity index (χ0) is 13.6. The molecule has 108 valence electrons. The zero-order valence-electron chi connectivity index (χ0n) is 12.0. The largest absolute Gasteiger partial charge is 0.317 e. The lowest BCUT2D eigenvalue weighted by Crippen LogP contribution is -2.46. The molecule has 0 aromatic heterocycles. The van der Waals surface area contributed by atoms with E-state index in [1.807, 2.05) is 6.92 Å². The Hall–Kier alpha value is -0.130. The lowest BCUT2D eigenvalue weighted by molar-refractivity contribution is 0.218. The third kappa shape index (κ3) is 4.86. The number of nitrogens with zero attached hydrogens (tertiary/aromatic N) is 1. The zero-order valence-corrected chi connectivity index (χ0v) is 12.8. The molecule has 2 unspecified atom stereocenters. The van der Waals surface area contributed by atoms with Crippen molar-refractivity contribution in [3.05, 3.63) is 0 Å². The van der Waals surface area contributed by atoms with E-state index in [2.05, 4.69) is 19.2 Å². The van der Waals surface area contributed by atoms with Gasteiger partial charge in [0.15, 0.2) is 0 Å². The Morgan fingerprint density at radius 1 is 1.22 bits per heavy atom. The average Bonchev–Trinajstić information content (AvgIpc) is 2.32. The summed E-state index contributed by atoms with van der Waals surface area (Å²) in [4.78, 5) is 0. The lowest BCUT2D eigenvalue weighted by atomic mass is 9.97. The van der Waals surface area contributed by atoms with Gasteiger partial charge < -0.3 is 5.32 Å². The molecule has 0 saturated carbocycles. The molecule has 0 aliphatic carbocycles. The predicted octanol–water partition coefficient (Wildman–Crippen LogP) is 1.83. The van der Waals surface area contributed by atoms with Crippen LogP contribution in [-0.2, 0) is 10.0 Å². The van der Waals surface area contributed by atoms with Crippen molar-refractivity contribution >= 4 is 10.0 Å². The summed E-state index contributed by atoms with van der Waals surface area (Å²) in [6.45, 7) is 8.74. The molecule has 0 bridgehead atoms. The fourth-order valence-electron chi connectivity index (χ4n) is 2.43. The molecule has 0 spiro atoms. The van der Waals surface area contributed by atoms with Crippen molar-refractivity contribution in [1.82, 2.24) is 9.62 Å². The van der Waals surface area contributed by atoms with Crippen LogP contribution in [0.1, 0.15) is 46.5 Å². The van der Waals surface area contributed by atoms with Crippen LogP contribution < -0.4 is 5.32 Å². The number of hydrogen-bond acceptors (Lipinski definition) is 3. The molecule has 0 aromatic carbocycles. The molecule has 1 aliphatic rings. The van der Waals surface area contributed by atoms with Crippen molar-refractivity contribution in [2.24, 2.45) is 5.92 Å². The van der Waals surface area contributed by atoms with Crippen LogP contribution in [0.5, 0.6) is 0 Å². The summed E-state index contributed by atoms with van der Waals surface area (Å²) in [7, 11) is -3.06. The summed E-state index contributed by atoms with van der Waals surface area (Å²) < 4.78 is 26.3. The van der Waals surface area contributed by atoms with Crippen LogP contribution in [0.25, 0.3) is 0 Å². The average molecular weight is 276 g/mol. The van der Waals surface area contributed by atoms with Gasteiger partial charge in [-0.25, -0.2) is 8.42 Å². The first-order valence-electron chi connectivity index (χ1n) is 7.17. The maximum Gasteiger partial charge on any atom is 0.214 e. The lowest BCUT2D eigenvalue weighted by Gasteiger charge is -2.35. The van der Waals surface area contributed by atoms with Crippen LogP contribution in [0.3, 0.4) is 0 Å². The molecule has 1 saturated heterocycles. The summed E-state index contributed by atoms with van der Waals surface area (Å²) in [5.74, 6) is 0.773. The molecule has 1 heterocycles. The maximum absolute atomic E-state index is 12.3. The van der Waals surface area contributed by atoms with Crippen molar-refractivity contribution in [2.45, 2.75) is 52.5 Å². The fourth-order valence-corrected chi connectivity index (χ4v) is 4.31. The Morgan fingerprint density at radius 3 is 2.61 bits per heavy atom. The topological polar surface area (TPSA) is 49.4 Å². The summed E-state index contributed by atoms with van der Waals surface area (Å²) >= 11 is 0. The summed E-state index contributed by atoms with van der Waals surface area (Å²) in [5.41, 5.74) is 0. The van der Waals surface area contributed by atoms with Crippen molar-refractivity contribution in [3.8, 4) is 0 Å². The van der Waals surface area contributed by atoms with E-state index < -0.39 is 10.0 Å². The van der Waals surface area contributed by atoms with Crippen molar-refractivity contribution in [3.63, 3.8) is 0 Å². The highest BCUT2D eigenvalue weighted by molar-refractivity contribution is 7.89. The van der Waals surface area contributed by atoms with E-state index in [1.165, 1.54) is 0 Å². The quantitative estimate of drug-likeness (QED) is 0.722. The molecular formula is C13H28N2O2S. The molecule has 4 nitrogen and oxygen atoms in total. The van der Waals surface area contributed by atoms with E-state index in [9.17, 15) is 8.42 Å². The molecule has 2 atom stereocenters. The van der Waals surface area contributed by atoms with Gasteiger partial charge in [-0.05, 0) is 51.6 Å². The van der Waals surface area contributed by atoms with E-state index >= 15 is 0 Å². The molecular weight excluding hydrogens is 248 g/mol. The van der Waals surface area contributed by atoms with Gasteiger partial charge in [0.2, 0.25) is 10.0 Å². The van der Waals surface area contributed by atoms with Crippen molar-refractivity contribution < 1.29 is 8.42 Å². The minimum atomic E-state index is -3.06. The van der Waals surface area contributed by atoms with Crippen LogP contribution >= 0.6 is 0 Å². The van der Waals surface area contributed by atoms with Crippen LogP contribution in [0.15, 0.2) is 0 Å². The Bertz CT molecular complexity index is 330. The van der Waals surface area contributed by atoms with E-state index in [-0.39, 0.29) is 11.8 Å². The van der Waals surface area contributed by atoms with E-state index in [1.54, 1.807) is 4.31 Å². The van der Waals surface area contributed by atoms with E-state index in [4.69, 9.17) is 0 Å². The molecule has 5 heteroatoms. The van der Waals surface area contributed by atoms with E-state index in [0.717, 1.165) is 32.4 Å². The van der Waals surface area contributed by atoms with Gasteiger partial charge in [-0.15, -0.1) is 0 Å². The third-order valence-corrected chi connectivity index (χ3v) is 5.63. The Morgan fingerprint density at radius 2 is 1.94 bits per heavy atom. The van der Waals surface area contributed by atoms with Gasteiger partial charge >= 0.3 is 0 Å². The fraction of sp³-hybridized carbons (Fsp3) is 1.00. The van der Waals surface area contributed by atoms with Crippen LogP contribution in [-0.4, -0.2) is 44.2 Å². The normalized spacial score (nSPS) is 26.4. The molecule has 1 rings (SSSR count). The van der Waals surface area contributed by atoms with Crippen molar-refractivity contribution in [2.75, 3.05) is 25.4 Å². The highest BCUT2D eigenvalue weighted by Gasteiger charge is 2.31. The molecule has 1 fully saturated rings. The number of sulfonamides is 1. The second kappa shape index (κ2) is 7.46. The first-order valence-corrected chi connectivity index (χ1v) is 8.78. The minimum Gasteiger partial charge on any atom is -0.317 e. The minimum absolute atomic E-state index is 0.176. The number of piperidine rings is 1. The summed E-state index contributed by atoms with van der Waals surface area (Å²) in [5, 5.41) is 3.25. The third-order valence-electron chi connectivity index (χ3n) is 3.60. The van der Waals surface area contributed by atoms with Gasteiger partial charge in [0.25, 0.3) is 0 Å². The second-order valence-electron chi connectivity index (χ2n) is 5.52. The SMILES string of the molecule is CCCNCCCS(=O)(=O)N1CC(C)CCC1C. The molecule has 1 aliphatic heterocycles. The predicted molar refractivity (Wildman–Crippen MR) is 76.1 cm³/mol. The van der Waals surface area contributed by atoms with Gasteiger partial charge in [0.05, 0.1) is 5.75 Å². The number of nitrogens with one attached hydrogen (secondary N) is 1. The molecule has 0 aromatic rings. The standard InChI is InChI=1S/C13H28N2O2S/c1-4-8-14-9-5-10-18(16,17)15-11-12(2)6-7-13(15)3/h12-14H,4-11H2,1-3H3. The smallest absolute Gasteiger partial charge is 0.214 e. The first kappa shape index (κ1) is 15.9. The van der Waals surface area contributed by atoms with Crippen LogP contribution in [0.2, 0.25) is 0 Å². The van der Waals surface area contributed by atoms with Gasteiger partial charge in [0.1, 0.15) is 0 Å². The maximum atomic E-state index is 12.3. The number of rotatable bonds is 7. The summed E-state index contributed by atoms with van der Waals surface area (Å²) in [6, 6.07) is 0.176. The molecule has 18 heavy (non-hydrogen) atoms. The summed E-state index contributed by atoms with van der Waals surface area (Å²) in [6.07, 6.45) is 3.94. The Balaban J connectivity index is 2.41. The Labute approximate surface area is 112 Å². The van der Waals surface area contributed by atoms with Gasteiger partial charge in [-0.3, -0.25) is 0 Å². The van der Waals surface area contributed by atoms with Gasteiger partial charge in [0, 0.05) is 12.6 Å². The highest BCUT2D eigenvalue weighted by Crippen LogP contribution is 2.24. The monoisotopic (exact) mass is 276 g/mol. The molecule has 0 radical (unpaired) electrons. The van der Waals surface area contributed by atoms with Crippen LogP contribution in [0, 0.1) is 5.92 Å². The second-order valence-corrected chi connectivity index (χ2v) is 7.56. The molecule has 1 N–H and O–H groups in total. The van der Waals surface area contributed by atoms with E-state index in [0.29, 0.717) is 18.9 Å². The van der Waals surface area contributed by atoms with Crippen LogP contribution in [0.4, 0.5) is 0 Å². The number of hydrogen-bond donors (Lipinski definition) is 1. The molecule has 0 amide bonds. The van der Waals surface area contributed by atoms with Gasteiger partial charge in [-0.1, -0.05) is 13.8 Å². The Kier molecular flexibility index (Phi) is 6.60.